The predicted octanol–water partition coefficient (Wildman–Crippen LogP) is 3.01. The molecule has 1 saturated heterocycles. The molecule has 202 valence electrons. The Morgan fingerprint density at radius 2 is 1.69 bits per heavy atom. The van der Waals surface area contributed by atoms with E-state index >= 15 is 0 Å². The van der Waals surface area contributed by atoms with Gasteiger partial charge in [-0.25, -0.2) is 18.7 Å². The first-order chi connectivity index (χ1) is 16.3. The maximum absolute atomic E-state index is 13.7. The second-order valence-corrected chi connectivity index (χ2v) is 8.55. The number of amides is 2. The lowest BCUT2D eigenvalue weighted by molar-refractivity contribution is -0.293. The summed E-state index contributed by atoms with van der Waals surface area (Å²) in [7, 11) is 0. The van der Waals surface area contributed by atoms with Gasteiger partial charge in [0.2, 0.25) is 17.6 Å². The van der Waals surface area contributed by atoms with Crippen LogP contribution < -0.4 is 5.73 Å². The lowest BCUT2D eigenvalue weighted by atomic mass is 10.0. The second-order valence-electron chi connectivity index (χ2n) is 8.55. The first-order valence-corrected chi connectivity index (χ1v) is 10.4. The minimum atomic E-state index is -6.27. The number of likely N-dealkylation sites (tertiary alicyclic amines) is 1. The van der Waals surface area contributed by atoms with Crippen LogP contribution in [0.5, 0.6) is 0 Å². The smallest absolute Gasteiger partial charge is 0.336 e. The lowest BCUT2D eigenvalue weighted by Gasteiger charge is -2.34. The number of rotatable bonds is 5. The van der Waals surface area contributed by atoms with Gasteiger partial charge in [0.25, 0.3) is 5.92 Å². The van der Waals surface area contributed by atoms with Crippen molar-refractivity contribution in [2.75, 3.05) is 19.6 Å². The summed E-state index contributed by atoms with van der Waals surface area (Å²) in [6, 6.07) is -1.15. The number of carbonyl (C=O) groups is 2. The van der Waals surface area contributed by atoms with E-state index in [0.717, 1.165) is 9.80 Å². The normalized spacial score (nSPS) is 19.8. The van der Waals surface area contributed by atoms with Crippen molar-refractivity contribution in [2.45, 2.75) is 62.5 Å². The van der Waals surface area contributed by atoms with Crippen molar-refractivity contribution < 1.29 is 53.5 Å². The fourth-order valence-corrected chi connectivity index (χ4v) is 3.91. The Morgan fingerprint density at radius 3 is 2.28 bits per heavy atom. The Labute approximate surface area is 196 Å². The Bertz CT molecular complexity index is 1030. The predicted molar refractivity (Wildman–Crippen MR) is 99.5 cm³/mol. The average Bonchev–Trinajstić information content (AvgIpc) is 2.73. The summed E-state index contributed by atoms with van der Waals surface area (Å²) in [5.74, 6) is -12.8. The molecule has 2 amide bonds. The van der Waals surface area contributed by atoms with Crippen LogP contribution in [0.15, 0.2) is 0 Å². The number of piperidine rings is 1. The number of nitrogens with two attached hydrogens (primary N) is 1. The molecular weight excluding hydrogens is 520 g/mol. The number of carbonyl (C=O) groups excluding carboxylic acids is 2. The third-order valence-corrected chi connectivity index (χ3v) is 5.69. The molecule has 1 fully saturated rings. The number of aromatic nitrogens is 2. The summed E-state index contributed by atoms with van der Waals surface area (Å²) in [5.41, 5.74) is 2.26. The van der Waals surface area contributed by atoms with Crippen LogP contribution in [0, 0.1) is 0 Å². The van der Waals surface area contributed by atoms with Crippen LogP contribution >= 0.6 is 0 Å². The van der Waals surface area contributed by atoms with Crippen molar-refractivity contribution in [2.24, 2.45) is 5.73 Å². The summed E-state index contributed by atoms with van der Waals surface area (Å²) >= 11 is 0. The minimum Gasteiger partial charge on any atom is -0.336 e. The van der Waals surface area contributed by atoms with E-state index in [0.29, 0.717) is 0 Å². The Kier molecular flexibility index (Phi) is 7.20. The van der Waals surface area contributed by atoms with Gasteiger partial charge in [-0.1, -0.05) is 0 Å². The van der Waals surface area contributed by atoms with Gasteiger partial charge in [0.1, 0.15) is 0 Å². The molecule has 36 heavy (non-hydrogen) atoms. The van der Waals surface area contributed by atoms with Gasteiger partial charge >= 0.3 is 18.3 Å². The van der Waals surface area contributed by atoms with Gasteiger partial charge in [0.15, 0.2) is 5.69 Å². The summed E-state index contributed by atoms with van der Waals surface area (Å²) in [4.78, 5) is 31.5. The van der Waals surface area contributed by atoms with Crippen LogP contribution in [0.3, 0.4) is 0 Å². The molecule has 0 radical (unpaired) electrons. The van der Waals surface area contributed by atoms with Gasteiger partial charge in [0.05, 0.1) is 18.8 Å². The third kappa shape index (κ3) is 5.81. The summed E-state index contributed by atoms with van der Waals surface area (Å²) < 4.78 is 133. The molecule has 17 heteroatoms. The van der Waals surface area contributed by atoms with Crippen LogP contribution in [0.1, 0.15) is 42.0 Å². The van der Waals surface area contributed by atoms with Crippen molar-refractivity contribution in [3.05, 3.63) is 22.8 Å². The fourth-order valence-electron chi connectivity index (χ4n) is 3.91. The highest BCUT2D eigenvalue weighted by atomic mass is 19.4. The van der Waals surface area contributed by atoms with Crippen LogP contribution in [0.2, 0.25) is 0 Å². The molecule has 3 rings (SSSR count). The van der Waals surface area contributed by atoms with E-state index in [4.69, 9.17) is 5.73 Å². The van der Waals surface area contributed by atoms with Crippen molar-refractivity contribution in [3.63, 3.8) is 0 Å². The van der Waals surface area contributed by atoms with E-state index in [2.05, 4.69) is 9.97 Å². The van der Waals surface area contributed by atoms with Crippen LogP contribution in [-0.2, 0) is 34.7 Å². The topological polar surface area (TPSA) is 92.4 Å². The molecule has 1 aromatic rings. The molecule has 7 nitrogen and oxygen atoms in total. The summed E-state index contributed by atoms with van der Waals surface area (Å²) in [6.07, 6.45) is -13.9. The van der Waals surface area contributed by atoms with Crippen molar-refractivity contribution in [3.8, 4) is 0 Å². The van der Waals surface area contributed by atoms with E-state index in [-0.39, 0.29) is 6.54 Å². The number of fused-ring (bicyclic) bond motifs is 1. The molecule has 1 atom stereocenters. The maximum Gasteiger partial charge on any atom is 0.461 e. The molecule has 0 aliphatic carbocycles. The zero-order valence-electron chi connectivity index (χ0n) is 18.2. The van der Waals surface area contributed by atoms with Crippen molar-refractivity contribution >= 4 is 11.8 Å². The molecule has 0 bridgehead atoms. The van der Waals surface area contributed by atoms with Gasteiger partial charge in [-0.05, 0) is 6.42 Å². The number of hydrogen-bond donors (Lipinski definition) is 1. The largest absolute Gasteiger partial charge is 0.461 e. The van der Waals surface area contributed by atoms with E-state index < -0.39 is 110 Å². The monoisotopic (exact) mass is 539 g/mol. The van der Waals surface area contributed by atoms with Gasteiger partial charge in [0, 0.05) is 44.0 Å². The average molecular weight is 539 g/mol. The Hall–Kier alpha value is -2.72. The zero-order chi connectivity index (χ0) is 27.3. The SMILES string of the molecule is N[C@H](CC(=O)N1CCc2c(nc(C(F)(F)C(F)(F)F)nc2C(F)(F)F)C1)CN1CC(F)(F)CCC1=O. The van der Waals surface area contributed by atoms with Crippen molar-refractivity contribution in [1.29, 1.82) is 0 Å². The number of nitrogens with zero attached hydrogens (tertiary/aromatic N) is 4. The quantitative estimate of drug-likeness (QED) is 0.581. The molecule has 1 aromatic heterocycles. The molecule has 2 aliphatic rings. The van der Waals surface area contributed by atoms with E-state index in [1.54, 1.807) is 0 Å². The van der Waals surface area contributed by atoms with E-state index in [1.165, 1.54) is 0 Å². The fraction of sp³-hybridized carbons (Fsp3) is 0.684. The van der Waals surface area contributed by atoms with Gasteiger partial charge < -0.3 is 15.5 Å². The van der Waals surface area contributed by atoms with Crippen LogP contribution in [0.4, 0.5) is 43.9 Å². The van der Waals surface area contributed by atoms with E-state index in [9.17, 15) is 53.5 Å². The second kappa shape index (κ2) is 9.30. The zero-order valence-corrected chi connectivity index (χ0v) is 18.2. The molecule has 0 aromatic carbocycles. The standard InChI is InChI=1S/C19H19F10N5O2/c20-16(21)3-1-12(35)34(8-16)6-9(30)5-13(36)33-4-2-10-11(7-33)31-15(17(22,23)19(27,28)29)32-14(10)18(24,25)26/h9H,1-8,30H2/t9-/m1/s1. The highest BCUT2D eigenvalue weighted by molar-refractivity contribution is 5.78. The molecular formula is C19H19F10N5O2. The first-order valence-electron chi connectivity index (χ1n) is 10.4. The molecule has 3 heterocycles. The molecule has 0 saturated carbocycles. The van der Waals surface area contributed by atoms with Gasteiger partial charge in [-0.3, -0.25) is 9.59 Å². The molecule has 2 aliphatic heterocycles. The van der Waals surface area contributed by atoms with Crippen LogP contribution in [-0.4, -0.2) is 69.4 Å². The number of hydrogen-bond acceptors (Lipinski definition) is 5. The molecule has 0 spiro atoms. The first kappa shape index (κ1) is 27.9. The van der Waals surface area contributed by atoms with Crippen LogP contribution in [0.25, 0.3) is 0 Å². The number of halogens is 10. The Balaban J connectivity index is 1.79. The molecule has 0 unspecified atom stereocenters. The highest BCUT2D eigenvalue weighted by Gasteiger charge is 2.62. The summed E-state index contributed by atoms with van der Waals surface area (Å²) in [5, 5.41) is 0. The van der Waals surface area contributed by atoms with E-state index in [1.807, 2.05) is 0 Å². The Morgan fingerprint density at radius 1 is 1.06 bits per heavy atom. The summed E-state index contributed by atoms with van der Waals surface area (Å²) in [6.45, 7) is -2.56. The van der Waals surface area contributed by atoms with Gasteiger partial charge in [-0.2, -0.15) is 35.1 Å². The maximum atomic E-state index is 13.7. The lowest BCUT2D eigenvalue weighted by Crippen LogP contribution is -2.51. The van der Waals surface area contributed by atoms with Gasteiger partial charge in [-0.15, -0.1) is 0 Å². The number of alkyl halides is 10. The highest BCUT2D eigenvalue weighted by Crippen LogP contribution is 2.44. The minimum absolute atomic E-state index is 0.388. The van der Waals surface area contributed by atoms with Crippen molar-refractivity contribution in [1.82, 2.24) is 19.8 Å². The molecule has 2 N–H and O–H groups in total. The third-order valence-electron chi connectivity index (χ3n) is 5.69.